The van der Waals surface area contributed by atoms with Gasteiger partial charge in [0.25, 0.3) is 0 Å². The number of hydrogen-bond acceptors (Lipinski definition) is 3. The maximum atomic E-state index is 3.28. The van der Waals surface area contributed by atoms with Gasteiger partial charge in [-0.1, -0.05) is 55.4 Å². The molecule has 3 heteroatoms. The van der Waals surface area contributed by atoms with Crippen molar-refractivity contribution in [1.82, 2.24) is 16.4 Å². The average molecular weight is 225 g/mol. The molecular formula is C13H27N3. The van der Waals surface area contributed by atoms with Crippen molar-refractivity contribution in [2.24, 2.45) is 16.2 Å². The Balaban J connectivity index is 3.21. The molecule has 3 N–H and O–H groups in total. The molecule has 0 aromatic heterocycles. The highest BCUT2D eigenvalue weighted by Gasteiger charge is 2.41. The Morgan fingerprint density at radius 3 is 1.50 bits per heavy atom. The molecule has 0 aromatic carbocycles. The summed E-state index contributed by atoms with van der Waals surface area (Å²) in [5.74, 6) is 0. The molecule has 1 aliphatic rings. The highest BCUT2D eigenvalue weighted by molar-refractivity contribution is 5.26. The van der Waals surface area contributed by atoms with Crippen molar-refractivity contribution in [3.63, 3.8) is 0 Å². The predicted octanol–water partition coefficient (Wildman–Crippen LogP) is 2.93. The zero-order valence-electron chi connectivity index (χ0n) is 12.0. The molecule has 0 amide bonds. The minimum atomic E-state index is 0.0894. The van der Waals surface area contributed by atoms with Gasteiger partial charge in [-0.15, -0.1) is 0 Å². The molecule has 0 radical (unpaired) electrons. The summed E-state index contributed by atoms with van der Waals surface area (Å²) in [6, 6.07) is 0. The van der Waals surface area contributed by atoms with Crippen molar-refractivity contribution in [2.45, 2.75) is 55.4 Å². The van der Waals surface area contributed by atoms with Crippen LogP contribution in [0.4, 0.5) is 0 Å². The average Bonchev–Trinajstić information content (AvgIpc) is 2.47. The van der Waals surface area contributed by atoms with E-state index in [4.69, 9.17) is 0 Å². The smallest absolute Gasteiger partial charge is 0.0549 e. The van der Waals surface area contributed by atoms with E-state index in [1.165, 1.54) is 11.4 Å². The Kier molecular flexibility index (Phi) is 3.05. The molecule has 94 valence electrons. The lowest BCUT2D eigenvalue weighted by Gasteiger charge is -2.41. The zero-order valence-corrected chi connectivity index (χ0v) is 12.0. The van der Waals surface area contributed by atoms with Crippen LogP contribution in [0.15, 0.2) is 11.4 Å². The second-order valence-corrected chi connectivity index (χ2v) is 7.25. The minimum absolute atomic E-state index is 0.0894. The Bertz CT molecular complexity index is 300. The maximum absolute atomic E-state index is 3.28. The molecule has 1 heterocycles. The molecule has 0 fully saturated rings. The number of rotatable bonds is 1. The summed E-state index contributed by atoms with van der Waals surface area (Å²) in [4.78, 5) is 0. The lowest BCUT2D eigenvalue weighted by Crippen LogP contribution is -2.40. The van der Waals surface area contributed by atoms with Gasteiger partial charge in [-0.2, -0.15) is 5.53 Å². The lowest BCUT2D eigenvalue weighted by molar-refractivity contribution is 0.164. The summed E-state index contributed by atoms with van der Waals surface area (Å²) >= 11 is 0. The minimum Gasteiger partial charge on any atom is -0.306 e. The van der Waals surface area contributed by atoms with Crippen LogP contribution in [0.25, 0.3) is 0 Å². The van der Waals surface area contributed by atoms with E-state index in [1.807, 2.05) is 0 Å². The van der Waals surface area contributed by atoms with Crippen molar-refractivity contribution in [1.29, 1.82) is 0 Å². The van der Waals surface area contributed by atoms with Crippen LogP contribution in [0.2, 0.25) is 0 Å². The number of hydrogen-bond donors (Lipinski definition) is 3. The molecule has 0 saturated carbocycles. The van der Waals surface area contributed by atoms with Crippen LogP contribution in [0.5, 0.6) is 0 Å². The summed E-state index contributed by atoms with van der Waals surface area (Å²) in [6.07, 6.45) is 0. The van der Waals surface area contributed by atoms with Crippen LogP contribution >= 0.6 is 0 Å². The second-order valence-electron chi connectivity index (χ2n) is 7.25. The molecule has 16 heavy (non-hydrogen) atoms. The molecule has 1 rings (SSSR count). The molecule has 0 bridgehead atoms. The van der Waals surface area contributed by atoms with Gasteiger partial charge in [-0.3, -0.25) is 0 Å². The van der Waals surface area contributed by atoms with Gasteiger partial charge >= 0.3 is 0 Å². The van der Waals surface area contributed by atoms with Gasteiger partial charge in [0.05, 0.1) is 11.4 Å². The van der Waals surface area contributed by atoms with Gasteiger partial charge in [0.15, 0.2) is 0 Å². The molecular weight excluding hydrogens is 198 g/mol. The van der Waals surface area contributed by atoms with E-state index in [0.717, 1.165) is 0 Å². The molecule has 0 saturated heterocycles. The van der Waals surface area contributed by atoms with Gasteiger partial charge in [-0.05, 0) is 5.41 Å². The fraction of sp³-hybridized carbons (Fsp3) is 0.846. The fourth-order valence-corrected chi connectivity index (χ4v) is 1.69. The molecule has 0 atom stereocenters. The van der Waals surface area contributed by atoms with Crippen LogP contribution < -0.4 is 16.4 Å². The third kappa shape index (κ3) is 2.19. The summed E-state index contributed by atoms with van der Waals surface area (Å²) in [5, 5.41) is 0. The number of hydrazine groups is 2. The predicted molar refractivity (Wildman–Crippen MR) is 69.1 cm³/mol. The fourth-order valence-electron chi connectivity index (χ4n) is 1.69. The van der Waals surface area contributed by atoms with Crippen LogP contribution in [-0.4, -0.2) is 0 Å². The van der Waals surface area contributed by atoms with Crippen LogP contribution in [0, 0.1) is 16.2 Å². The Labute approximate surface area is 100 Å². The molecule has 0 aromatic rings. The van der Waals surface area contributed by atoms with E-state index in [-0.39, 0.29) is 16.2 Å². The molecule has 0 aliphatic carbocycles. The number of allylic oxidation sites excluding steroid dienone is 2. The third-order valence-electron chi connectivity index (χ3n) is 3.88. The summed E-state index contributed by atoms with van der Waals surface area (Å²) in [6.45, 7) is 18.1. The quantitative estimate of drug-likeness (QED) is 0.642. The van der Waals surface area contributed by atoms with Gasteiger partial charge in [0, 0.05) is 10.8 Å². The first kappa shape index (κ1) is 13.4. The van der Waals surface area contributed by atoms with Gasteiger partial charge in [0.1, 0.15) is 0 Å². The molecule has 0 unspecified atom stereocenters. The van der Waals surface area contributed by atoms with Crippen molar-refractivity contribution >= 4 is 0 Å². The Morgan fingerprint density at radius 1 is 0.688 bits per heavy atom. The van der Waals surface area contributed by atoms with Crippen LogP contribution in [-0.2, 0) is 0 Å². The van der Waals surface area contributed by atoms with E-state index in [9.17, 15) is 0 Å². The topological polar surface area (TPSA) is 36.1 Å². The first-order valence-corrected chi connectivity index (χ1v) is 6.00. The molecule has 3 nitrogen and oxygen atoms in total. The van der Waals surface area contributed by atoms with E-state index in [2.05, 4.69) is 71.8 Å². The lowest BCUT2D eigenvalue weighted by atomic mass is 9.66. The Morgan fingerprint density at radius 2 is 1.12 bits per heavy atom. The van der Waals surface area contributed by atoms with E-state index < -0.39 is 0 Å². The summed E-state index contributed by atoms with van der Waals surface area (Å²) in [5.41, 5.74) is 12.5. The van der Waals surface area contributed by atoms with E-state index in [1.54, 1.807) is 0 Å². The monoisotopic (exact) mass is 225 g/mol. The molecule has 1 aliphatic heterocycles. The highest BCUT2D eigenvalue weighted by Crippen LogP contribution is 2.46. The second kappa shape index (κ2) is 3.66. The largest absolute Gasteiger partial charge is 0.306 e. The van der Waals surface area contributed by atoms with E-state index in [0.29, 0.717) is 0 Å². The van der Waals surface area contributed by atoms with Gasteiger partial charge < -0.3 is 10.9 Å². The third-order valence-corrected chi connectivity index (χ3v) is 3.88. The summed E-state index contributed by atoms with van der Waals surface area (Å²) < 4.78 is 0. The SMILES string of the molecule is CC(C)(C)C1=C(C(C)(C)C(C)(C)C)NNN1. The van der Waals surface area contributed by atoms with Crippen molar-refractivity contribution in [3.8, 4) is 0 Å². The highest BCUT2D eigenvalue weighted by atomic mass is 15.6. The zero-order chi connectivity index (χ0) is 12.8. The summed E-state index contributed by atoms with van der Waals surface area (Å²) in [7, 11) is 0. The van der Waals surface area contributed by atoms with Crippen molar-refractivity contribution in [3.05, 3.63) is 11.4 Å². The first-order valence-electron chi connectivity index (χ1n) is 6.00. The molecule has 0 spiro atoms. The van der Waals surface area contributed by atoms with Crippen LogP contribution in [0.1, 0.15) is 55.4 Å². The maximum Gasteiger partial charge on any atom is 0.0549 e. The Hall–Kier alpha value is -0.700. The standard InChI is InChI=1S/C13H27N3/c1-11(2,3)9-10(15-16-14-9)13(7,8)12(4,5)6/h14-16H,1-8H3. The van der Waals surface area contributed by atoms with Crippen molar-refractivity contribution in [2.75, 3.05) is 0 Å². The van der Waals surface area contributed by atoms with Crippen molar-refractivity contribution < 1.29 is 0 Å². The van der Waals surface area contributed by atoms with Gasteiger partial charge in [0.2, 0.25) is 0 Å². The number of nitrogens with one attached hydrogen (secondary N) is 3. The first-order chi connectivity index (χ1) is 6.98. The normalized spacial score (nSPS) is 18.5. The van der Waals surface area contributed by atoms with Gasteiger partial charge in [-0.25, -0.2) is 0 Å². The van der Waals surface area contributed by atoms with E-state index >= 15 is 0 Å². The van der Waals surface area contributed by atoms with Crippen LogP contribution in [0.3, 0.4) is 0 Å².